The average Bonchev–Trinajstić information content (AvgIpc) is 2.92. The first-order valence-electron chi connectivity index (χ1n) is 7.63. The first-order chi connectivity index (χ1) is 12.1. The highest BCUT2D eigenvalue weighted by Gasteiger charge is 2.36. The fraction of sp³-hybridized carbons (Fsp3) is 0.375. The number of nitrogens with zero attached hydrogens (tertiary/aromatic N) is 3. The number of rotatable bonds is 4. The Labute approximate surface area is 146 Å². The van der Waals surface area contributed by atoms with Gasteiger partial charge in [0.05, 0.1) is 6.04 Å². The Morgan fingerprint density at radius 3 is 2.58 bits per heavy atom. The van der Waals surface area contributed by atoms with Gasteiger partial charge in [0.2, 0.25) is 0 Å². The Morgan fingerprint density at radius 1 is 1.31 bits per heavy atom. The molecule has 2 N–H and O–H groups in total. The molecule has 0 aliphatic rings. The molecule has 2 rings (SSSR count). The molecular weight excluding hydrogens is 357 g/mol. The van der Waals surface area contributed by atoms with E-state index < -0.39 is 29.5 Å². The fourth-order valence-corrected chi connectivity index (χ4v) is 2.41. The van der Waals surface area contributed by atoms with Gasteiger partial charge in [-0.15, -0.1) is 0 Å². The first-order valence-corrected chi connectivity index (χ1v) is 7.63. The highest BCUT2D eigenvalue weighted by atomic mass is 19.4. The van der Waals surface area contributed by atoms with Crippen molar-refractivity contribution in [2.75, 3.05) is 7.05 Å². The second kappa shape index (κ2) is 7.71. The molecule has 26 heavy (non-hydrogen) atoms. The Bertz CT molecular complexity index is 797. The van der Waals surface area contributed by atoms with Crippen LogP contribution in [0.2, 0.25) is 0 Å². The van der Waals surface area contributed by atoms with Gasteiger partial charge in [-0.25, -0.2) is 8.78 Å². The van der Waals surface area contributed by atoms with Crippen LogP contribution in [0, 0.1) is 11.6 Å². The molecule has 0 bridgehead atoms. The van der Waals surface area contributed by atoms with Crippen LogP contribution in [0.5, 0.6) is 0 Å². The minimum atomic E-state index is -4.57. The topological polar surface area (TPSA) is 54.2 Å². The van der Waals surface area contributed by atoms with Crippen LogP contribution in [0.15, 0.2) is 29.4 Å². The molecule has 0 radical (unpaired) electrons. The SMILES string of the molecule is CN=C(NCc1cn(C)nc1C(F)(F)F)NC(C)c1ccc(F)cc1F. The minimum absolute atomic E-state index is 0.0523. The summed E-state index contributed by atoms with van der Waals surface area (Å²) >= 11 is 0. The number of aromatic nitrogens is 2. The van der Waals surface area contributed by atoms with E-state index in [1.165, 1.54) is 26.4 Å². The molecule has 142 valence electrons. The molecule has 10 heteroatoms. The zero-order chi connectivity index (χ0) is 19.5. The van der Waals surface area contributed by atoms with E-state index in [2.05, 4.69) is 20.7 Å². The molecular formula is C16H18F5N5. The van der Waals surface area contributed by atoms with Crippen molar-refractivity contribution < 1.29 is 22.0 Å². The van der Waals surface area contributed by atoms with Crippen LogP contribution in [0.25, 0.3) is 0 Å². The molecule has 1 heterocycles. The summed E-state index contributed by atoms with van der Waals surface area (Å²) in [7, 11) is 2.82. The van der Waals surface area contributed by atoms with E-state index in [4.69, 9.17) is 0 Å². The largest absolute Gasteiger partial charge is 0.435 e. The van der Waals surface area contributed by atoms with Crippen LogP contribution in [0.3, 0.4) is 0 Å². The van der Waals surface area contributed by atoms with Gasteiger partial charge in [0, 0.05) is 44.0 Å². The number of hydrogen-bond acceptors (Lipinski definition) is 2. The lowest BCUT2D eigenvalue weighted by Crippen LogP contribution is -2.38. The smallest absolute Gasteiger partial charge is 0.352 e. The second-order valence-electron chi connectivity index (χ2n) is 5.63. The van der Waals surface area contributed by atoms with Crippen LogP contribution in [0.4, 0.5) is 22.0 Å². The number of nitrogens with one attached hydrogen (secondary N) is 2. The molecule has 1 aromatic heterocycles. The summed E-state index contributed by atoms with van der Waals surface area (Å²) in [5, 5.41) is 9.00. The average molecular weight is 375 g/mol. The molecule has 0 aliphatic heterocycles. The second-order valence-corrected chi connectivity index (χ2v) is 5.63. The van der Waals surface area contributed by atoms with Gasteiger partial charge in [-0.3, -0.25) is 9.67 Å². The molecule has 0 amide bonds. The molecule has 1 atom stereocenters. The Hall–Kier alpha value is -2.65. The number of halogens is 5. The molecule has 0 aliphatic carbocycles. The van der Waals surface area contributed by atoms with Gasteiger partial charge >= 0.3 is 6.18 Å². The van der Waals surface area contributed by atoms with E-state index in [0.717, 1.165) is 16.8 Å². The lowest BCUT2D eigenvalue weighted by molar-refractivity contribution is -0.142. The number of aliphatic imine (C=N–C) groups is 1. The molecule has 0 saturated carbocycles. The van der Waals surface area contributed by atoms with Gasteiger partial charge < -0.3 is 10.6 Å². The normalized spacial score (nSPS) is 13.6. The van der Waals surface area contributed by atoms with Gasteiger partial charge in [-0.05, 0) is 13.0 Å². The summed E-state index contributed by atoms with van der Waals surface area (Å²) in [4.78, 5) is 3.90. The summed E-state index contributed by atoms with van der Waals surface area (Å²) in [6, 6.07) is 2.59. The van der Waals surface area contributed by atoms with E-state index in [9.17, 15) is 22.0 Å². The van der Waals surface area contributed by atoms with Crippen molar-refractivity contribution in [3.05, 3.63) is 52.9 Å². The van der Waals surface area contributed by atoms with Crippen molar-refractivity contribution in [3.8, 4) is 0 Å². The van der Waals surface area contributed by atoms with E-state index >= 15 is 0 Å². The minimum Gasteiger partial charge on any atom is -0.352 e. The van der Waals surface area contributed by atoms with Crippen molar-refractivity contribution in [3.63, 3.8) is 0 Å². The van der Waals surface area contributed by atoms with Crippen LogP contribution < -0.4 is 10.6 Å². The molecule has 0 saturated heterocycles. The molecule has 0 fully saturated rings. The Kier molecular flexibility index (Phi) is 5.83. The van der Waals surface area contributed by atoms with Crippen molar-refractivity contribution in [2.45, 2.75) is 25.7 Å². The van der Waals surface area contributed by atoms with Gasteiger partial charge in [-0.1, -0.05) is 6.07 Å². The maximum Gasteiger partial charge on any atom is 0.435 e. The van der Waals surface area contributed by atoms with Gasteiger partial charge in [-0.2, -0.15) is 18.3 Å². The Morgan fingerprint density at radius 2 is 2.00 bits per heavy atom. The molecule has 0 spiro atoms. The third-order valence-electron chi connectivity index (χ3n) is 3.63. The van der Waals surface area contributed by atoms with Crippen molar-refractivity contribution >= 4 is 5.96 Å². The third kappa shape index (κ3) is 4.70. The number of alkyl halides is 3. The summed E-state index contributed by atoms with van der Waals surface area (Å²) in [5.41, 5.74) is -0.837. The highest BCUT2D eigenvalue weighted by Crippen LogP contribution is 2.30. The van der Waals surface area contributed by atoms with Crippen molar-refractivity contribution in [1.29, 1.82) is 0 Å². The molecule has 1 unspecified atom stereocenters. The van der Waals surface area contributed by atoms with Crippen LogP contribution in [0.1, 0.15) is 29.8 Å². The van der Waals surface area contributed by atoms with Gasteiger partial charge in [0.25, 0.3) is 0 Å². The van der Waals surface area contributed by atoms with E-state index in [-0.39, 0.29) is 23.6 Å². The quantitative estimate of drug-likeness (QED) is 0.490. The zero-order valence-corrected chi connectivity index (χ0v) is 14.3. The van der Waals surface area contributed by atoms with Crippen LogP contribution in [-0.2, 0) is 19.8 Å². The predicted molar refractivity (Wildman–Crippen MR) is 86.3 cm³/mol. The number of benzene rings is 1. The molecule has 5 nitrogen and oxygen atoms in total. The summed E-state index contributed by atoms with van der Waals surface area (Å²) in [6.45, 7) is 1.44. The standard InChI is InChI=1S/C16H18F5N5/c1-9(12-5-4-11(17)6-13(12)18)24-15(22-2)23-7-10-8-26(3)25-14(10)16(19,20)21/h4-6,8-9H,7H2,1-3H3,(H2,22,23,24). The first kappa shape index (κ1) is 19.7. The summed E-state index contributed by atoms with van der Waals surface area (Å²) in [6.07, 6.45) is -3.31. The fourth-order valence-electron chi connectivity index (χ4n) is 2.41. The number of guanidine groups is 1. The summed E-state index contributed by atoms with van der Waals surface area (Å²) in [5.74, 6) is -1.26. The lowest BCUT2D eigenvalue weighted by atomic mass is 10.1. The van der Waals surface area contributed by atoms with Crippen molar-refractivity contribution in [1.82, 2.24) is 20.4 Å². The maximum absolute atomic E-state index is 13.8. The third-order valence-corrected chi connectivity index (χ3v) is 3.63. The monoisotopic (exact) mass is 375 g/mol. The maximum atomic E-state index is 13.8. The highest BCUT2D eigenvalue weighted by molar-refractivity contribution is 5.80. The van der Waals surface area contributed by atoms with E-state index in [1.807, 2.05) is 0 Å². The van der Waals surface area contributed by atoms with Crippen molar-refractivity contribution in [2.24, 2.45) is 12.0 Å². The predicted octanol–water partition coefficient (Wildman–Crippen LogP) is 3.14. The number of hydrogen-bond donors (Lipinski definition) is 2. The van der Waals surface area contributed by atoms with Crippen LogP contribution in [-0.4, -0.2) is 22.8 Å². The van der Waals surface area contributed by atoms with E-state index in [0.29, 0.717) is 0 Å². The summed E-state index contributed by atoms with van der Waals surface area (Å²) < 4.78 is 66.7. The lowest BCUT2D eigenvalue weighted by Gasteiger charge is -2.19. The zero-order valence-electron chi connectivity index (χ0n) is 14.3. The van der Waals surface area contributed by atoms with Crippen LogP contribution >= 0.6 is 0 Å². The van der Waals surface area contributed by atoms with Gasteiger partial charge in [0.1, 0.15) is 11.6 Å². The molecule has 2 aromatic rings. The Balaban J connectivity index is 2.07. The van der Waals surface area contributed by atoms with E-state index in [1.54, 1.807) is 6.92 Å². The number of aryl methyl sites for hydroxylation is 1. The molecule has 1 aromatic carbocycles. The van der Waals surface area contributed by atoms with Gasteiger partial charge in [0.15, 0.2) is 11.7 Å².